The van der Waals surface area contributed by atoms with Gasteiger partial charge in [0.05, 0.1) is 19.8 Å². The highest BCUT2D eigenvalue weighted by molar-refractivity contribution is 7.51. The molecule has 0 radical (unpaired) electrons. The summed E-state index contributed by atoms with van der Waals surface area (Å²) in [7, 11) is -3.24. The van der Waals surface area contributed by atoms with Crippen LogP contribution in [0.4, 0.5) is 0 Å². The standard InChI is InChI=1S/C43H89N2O6P/c1-5-9-12-15-18-23-29-36-44-52(48,49-8-4)50-41-32-25-31-38-45(39-40-46)37-30-24-19-22-28-35-43(47)51-42(33-26-20-16-13-10-6-2)34-27-21-17-14-11-7-3/h42,46H,5-41H2,1-4H3,(H,44,48). The first kappa shape index (κ1) is 51.5. The number of rotatable bonds is 43. The first-order chi connectivity index (χ1) is 25.4. The summed E-state index contributed by atoms with van der Waals surface area (Å²) in [6.07, 6.45) is 34.7. The van der Waals surface area contributed by atoms with Crippen LogP contribution in [0.3, 0.4) is 0 Å². The predicted molar refractivity (Wildman–Crippen MR) is 222 cm³/mol. The number of esters is 1. The fraction of sp³-hybridized carbons (Fsp3) is 0.977. The van der Waals surface area contributed by atoms with Crippen molar-refractivity contribution >= 4 is 13.7 Å². The van der Waals surface area contributed by atoms with E-state index in [4.69, 9.17) is 13.8 Å². The van der Waals surface area contributed by atoms with Crippen molar-refractivity contribution in [2.24, 2.45) is 0 Å². The Balaban J connectivity index is 4.16. The van der Waals surface area contributed by atoms with Crippen molar-refractivity contribution in [3.05, 3.63) is 0 Å². The second-order valence-corrected chi connectivity index (χ2v) is 17.0. The van der Waals surface area contributed by atoms with Crippen LogP contribution < -0.4 is 5.09 Å². The number of hydrogen-bond acceptors (Lipinski definition) is 7. The van der Waals surface area contributed by atoms with Gasteiger partial charge in [-0.3, -0.25) is 13.8 Å². The topological polar surface area (TPSA) is 97.3 Å². The van der Waals surface area contributed by atoms with Crippen molar-refractivity contribution in [1.82, 2.24) is 9.99 Å². The van der Waals surface area contributed by atoms with Crippen LogP contribution in [0.5, 0.6) is 0 Å². The third-order valence-corrected chi connectivity index (χ3v) is 11.8. The van der Waals surface area contributed by atoms with E-state index in [1.54, 1.807) is 0 Å². The summed E-state index contributed by atoms with van der Waals surface area (Å²) >= 11 is 0. The molecule has 0 heterocycles. The van der Waals surface area contributed by atoms with Crippen LogP contribution >= 0.6 is 7.75 Å². The molecule has 1 unspecified atom stereocenters. The van der Waals surface area contributed by atoms with Crippen LogP contribution in [0.2, 0.25) is 0 Å². The lowest BCUT2D eigenvalue weighted by Crippen LogP contribution is -2.29. The highest BCUT2D eigenvalue weighted by Crippen LogP contribution is 2.43. The molecule has 0 aromatic carbocycles. The number of aliphatic hydroxyl groups is 1. The van der Waals surface area contributed by atoms with E-state index >= 15 is 0 Å². The lowest BCUT2D eigenvalue weighted by molar-refractivity contribution is -0.150. The third kappa shape index (κ3) is 35.2. The normalized spacial score (nSPS) is 13.0. The van der Waals surface area contributed by atoms with Gasteiger partial charge in [-0.15, -0.1) is 0 Å². The summed E-state index contributed by atoms with van der Waals surface area (Å²) < 4.78 is 30.3. The second-order valence-electron chi connectivity index (χ2n) is 15.1. The maximum atomic E-state index is 13.0. The Bertz CT molecular complexity index is 773. The van der Waals surface area contributed by atoms with Gasteiger partial charge in [0.25, 0.3) is 0 Å². The Morgan fingerprint density at radius 2 is 1.04 bits per heavy atom. The van der Waals surface area contributed by atoms with E-state index in [2.05, 4.69) is 30.8 Å². The molecular formula is C43H89N2O6P. The van der Waals surface area contributed by atoms with E-state index in [0.29, 0.717) is 32.7 Å². The number of unbranched alkanes of at least 4 members (excludes halogenated alkanes) is 22. The number of ether oxygens (including phenoxy) is 1. The first-order valence-corrected chi connectivity index (χ1v) is 24.2. The largest absolute Gasteiger partial charge is 0.462 e. The summed E-state index contributed by atoms with van der Waals surface area (Å²) in [4.78, 5) is 15.1. The average molecular weight is 761 g/mol. The molecule has 0 spiro atoms. The van der Waals surface area contributed by atoms with E-state index < -0.39 is 7.75 Å². The van der Waals surface area contributed by atoms with Crippen molar-refractivity contribution < 1.29 is 28.3 Å². The van der Waals surface area contributed by atoms with E-state index in [1.807, 2.05) is 6.92 Å². The fourth-order valence-corrected chi connectivity index (χ4v) is 8.22. The molecule has 9 heteroatoms. The Labute approximate surface area is 323 Å². The summed E-state index contributed by atoms with van der Waals surface area (Å²) in [5, 5.41) is 12.6. The smallest absolute Gasteiger partial charge is 0.405 e. The van der Waals surface area contributed by atoms with Crippen LogP contribution in [-0.2, 0) is 23.1 Å². The van der Waals surface area contributed by atoms with Crippen molar-refractivity contribution in [2.45, 2.75) is 226 Å². The molecule has 0 aliphatic carbocycles. The maximum absolute atomic E-state index is 13.0. The molecule has 0 saturated carbocycles. The zero-order valence-corrected chi connectivity index (χ0v) is 36.0. The molecule has 0 bridgehead atoms. The molecule has 0 fully saturated rings. The molecule has 0 amide bonds. The number of hydrogen-bond donors (Lipinski definition) is 2. The summed E-state index contributed by atoms with van der Waals surface area (Å²) in [5.74, 6) is 0.00181. The fourth-order valence-electron chi connectivity index (χ4n) is 6.82. The molecule has 1 atom stereocenters. The van der Waals surface area contributed by atoms with Gasteiger partial charge in [0.2, 0.25) is 0 Å². The molecule has 2 N–H and O–H groups in total. The summed E-state index contributed by atoms with van der Waals surface area (Å²) in [6, 6.07) is 0. The van der Waals surface area contributed by atoms with Gasteiger partial charge in [-0.1, -0.05) is 143 Å². The van der Waals surface area contributed by atoms with Crippen molar-refractivity contribution in [2.75, 3.05) is 46.0 Å². The van der Waals surface area contributed by atoms with E-state index in [-0.39, 0.29) is 18.7 Å². The quantitative estimate of drug-likeness (QED) is 0.0360. The Kier molecular flexibility index (Phi) is 39.8. The van der Waals surface area contributed by atoms with E-state index in [0.717, 1.165) is 90.1 Å². The second kappa shape index (κ2) is 40.2. The molecular weight excluding hydrogens is 671 g/mol. The molecule has 0 rings (SSSR count). The zero-order chi connectivity index (χ0) is 38.2. The van der Waals surface area contributed by atoms with Crippen LogP contribution in [0.1, 0.15) is 220 Å². The molecule has 0 aromatic heterocycles. The minimum Gasteiger partial charge on any atom is -0.462 e. The molecule has 0 aromatic rings. The van der Waals surface area contributed by atoms with Gasteiger partial charge < -0.3 is 14.7 Å². The molecule has 8 nitrogen and oxygen atoms in total. The van der Waals surface area contributed by atoms with Gasteiger partial charge in [0.15, 0.2) is 0 Å². The van der Waals surface area contributed by atoms with Gasteiger partial charge in [0.1, 0.15) is 6.10 Å². The van der Waals surface area contributed by atoms with Gasteiger partial charge in [0, 0.05) is 19.5 Å². The summed E-state index contributed by atoms with van der Waals surface area (Å²) in [6.45, 7) is 12.9. The minimum absolute atomic E-state index is 0.00181. The first-order valence-electron chi connectivity index (χ1n) is 22.6. The van der Waals surface area contributed by atoms with E-state index in [1.165, 1.54) is 109 Å². The van der Waals surface area contributed by atoms with Gasteiger partial charge in [-0.05, 0) is 84.2 Å². The van der Waals surface area contributed by atoms with Crippen molar-refractivity contribution in [1.29, 1.82) is 0 Å². The third-order valence-electron chi connectivity index (χ3n) is 10.1. The van der Waals surface area contributed by atoms with Gasteiger partial charge in [-0.25, -0.2) is 9.65 Å². The minimum atomic E-state index is -3.24. The lowest BCUT2D eigenvalue weighted by Gasteiger charge is -2.21. The molecule has 0 aliphatic heterocycles. The maximum Gasteiger partial charge on any atom is 0.405 e. The Morgan fingerprint density at radius 3 is 1.56 bits per heavy atom. The molecule has 312 valence electrons. The zero-order valence-electron chi connectivity index (χ0n) is 35.1. The number of carbonyl (C=O) groups is 1. The Hall–Kier alpha value is -0.500. The van der Waals surface area contributed by atoms with Gasteiger partial charge in [-0.2, -0.15) is 0 Å². The Morgan fingerprint density at radius 1 is 0.577 bits per heavy atom. The monoisotopic (exact) mass is 761 g/mol. The average Bonchev–Trinajstić information content (AvgIpc) is 3.13. The predicted octanol–water partition coefficient (Wildman–Crippen LogP) is 12.7. The van der Waals surface area contributed by atoms with Crippen molar-refractivity contribution in [3.8, 4) is 0 Å². The lowest BCUT2D eigenvalue weighted by atomic mass is 10.0. The van der Waals surface area contributed by atoms with E-state index in [9.17, 15) is 14.5 Å². The number of carbonyl (C=O) groups excluding carboxylic acids is 1. The van der Waals surface area contributed by atoms with Crippen LogP contribution in [0.25, 0.3) is 0 Å². The number of nitrogens with zero attached hydrogens (tertiary/aromatic N) is 1. The summed E-state index contributed by atoms with van der Waals surface area (Å²) in [5.41, 5.74) is 0. The molecule has 0 aliphatic rings. The molecule has 52 heavy (non-hydrogen) atoms. The van der Waals surface area contributed by atoms with Crippen LogP contribution in [0.15, 0.2) is 0 Å². The number of aliphatic hydroxyl groups excluding tert-OH is 1. The van der Waals surface area contributed by atoms with Gasteiger partial charge >= 0.3 is 13.7 Å². The highest BCUT2D eigenvalue weighted by atomic mass is 31.2. The van der Waals surface area contributed by atoms with Crippen LogP contribution in [0, 0.1) is 0 Å². The van der Waals surface area contributed by atoms with Crippen molar-refractivity contribution in [3.63, 3.8) is 0 Å². The highest BCUT2D eigenvalue weighted by Gasteiger charge is 2.23. The number of nitrogens with one attached hydrogen (secondary N) is 1. The molecule has 0 saturated heterocycles. The van der Waals surface area contributed by atoms with Crippen LogP contribution in [-0.4, -0.2) is 68.1 Å². The SMILES string of the molecule is CCCCCCCCCNP(=O)(OCC)OCCCCCN(CCO)CCCCCCCC(=O)OC(CCCCCCCC)CCCCCCCC.